The molecule has 0 unspecified atom stereocenters. The van der Waals surface area contributed by atoms with Crippen LogP contribution in [0.1, 0.15) is 82.8 Å². The lowest BCUT2D eigenvalue weighted by Gasteiger charge is -2.32. The number of phenols is 1. The SMILES string of the molecule is C=C(C)[C@@H]1CCC(C)=C[C@H]1c1c(O)cc(CCCCC)cc1OC(=O)CCCI. The summed E-state index contributed by atoms with van der Waals surface area (Å²) in [6, 6.07) is 3.83. The lowest BCUT2D eigenvalue weighted by molar-refractivity contribution is -0.134. The number of carbonyl (C=O) groups is 1. The van der Waals surface area contributed by atoms with Crippen molar-refractivity contribution < 1.29 is 14.6 Å². The van der Waals surface area contributed by atoms with Gasteiger partial charge in [-0.25, -0.2) is 0 Å². The zero-order valence-corrected chi connectivity index (χ0v) is 20.3. The maximum atomic E-state index is 12.4. The number of esters is 1. The topological polar surface area (TPSA) is 46.5 Å². The zero-order chi connectivity index (χ0) is 21.4. The van der Waals surface area contributed by atoms with Crippen molar-refractivity contribution >= 4 is 28.6 Å². The number of hydrogen-bond donors (Lipinski definition) is 1. The van der Waals surface area contributed by atoms with E-state index in [-0.39, 0.29) is 23.6 Å². The molecule has 0 amide bonds. The van der Waals surface area contributed by atoms with Crippen LogP contribution in [0.25, 0.3) is 0 Å². The van der Waals surface area contributed by atoms with E-state index in [0.717, 1.165) is 66.1 Å². The van der Waals surface area contributed by atoms with Gasteiger partial charge in [0.2, 0.25) is 0 Å². The van der Waals surface area contributed by atoms with Crippen molar-refractivity contribution in [2.75, 3.05) is 4.43 Å². The minimum Gasteiger partial charge on any atom is -0.507 e. The molecule has 1 N–H and O–H groups in total. The molecular formula is C25H35IO3. The van der Waals surface area contributed by atoms with Crippen molar-refractivity contribution in [2.45, 2.75) is 78.1 Å². The van der Waals surface area contributed by atoms with Crippen molar-refractivity contribution in [1.82, 2.24) is 0 Å². The second-order valence-corrected chi connectivity index (χ2v) is 9.36. The summed E-state index contributed by atoms with van der Waals surface area (Å²) >= 11 is 2.27. The van der Waals surface area contributed by atoms with E-state index in [0.29, 0.717) is 12.2 Å². The largest absolute Gasteiger partial charge is 0.507 e. The van der Waals surface area contributed by atoms with Gasteiger partial charge in [-0.05, 0) is 69.6 Å². The number of ether oxygens (including phenoxy) is 1. The molecule has 1 aromatic carbocycles. The number of carbonyl (C=O) groups excluding carboxylic acids is 1. The standard InChI is InChI=1S/C25H35IO3/c1-5-6-7-9-19-15-22(27)25(23(16-19)29-24(28)10-8-13-26)21-14-18(4)11-12-20(21)17(2)3/h14-16,20-21,27H,2,5-13H2,1,3-4H3/t20-,21+/m0/s1. The van der Waals surface area contributed by atoms with E-state index in [1.165, 1.54) is 5.57 Å². The van der Waals surface area contributed by atoms with Crippen LogP contribution < -0.4 is 4.74 Å². The van der Waals surface area contributed by atoms with Gasteiger partial charge in [0.15, 0.2) is 0 Å². The lowest BCUT2D eigenvalue weighted by Crippen LogP contribution is -2.19. The molecule has 1 aromatic rings. The summed E-state index contributed by atoms with van der Waals surface area (Å²) in [7, 11) is 0. The second kappa shape index (κ2) is 11.8. The molecule has 0 radical (unpaired) electrons. The molecule has 2 atom stereocenters. The summed E-state index contributed by atoms with van der Waals surface area (Å²) in [4.78, 5) is 12.4. The second-order valence-electron chi connectivity index (χ2n) is 8.28. The van der Waals surface area contributed by atoms with Gasteiger partial charge in [-0.15, -0.1) is 0 Å². The van der Waals surface area contributed by atoms with Gasteiger partial charge < -0.3 is 9.84 Å². The van der Waals surface area contributed by atoms with E-state index >= 15 is 0 Å². The third-order valence-corrected chi connectivity index (χ3v) is 6.46. The van der Waals surface area contributed by atoms with E-state index in [9.17, 15) is 9.90 Å². The van der Waals surface area contributed by atoms with Gasteiger partial charge in [-0.1, -0.05) is 66.2 Å². The molecule has 0 heterocycles. The van der Waals surface area contributed by atoms with Crippen LogP contribution in [-0.4, -0.2) is 15.5 Å². The number of rotatable bonds is 10. The number of unbranched alkanes of at least 4 members (excludes halogenated alkanes) is 2. The van der Waals surface area contributed by atoms with Crippen LogP contribution in [0.4, 0.5) is 0 Å². The van der Waals surface area contributed by atoms with Crippen LogP contribution in [0, 0.1) is 5.92 Å². The molecule has 1 aliphatic rings. The smallest absolute Gasteiger partial charge is 0.311 e. The summed E-state index contributed by atoms with van der Waals surface area (Å²) in [5.41, 5.74) is 4.17. The summed E-state index contributed by atoms with van der Waals surface area (Å²) in [6.45, 7) is 10.5. The normalized spacial score (nSPS) is 19.0. The summed E-state index contributed by atoms with van der Waals surface area (Å²) in [6.07, 6.45) is 9.69. The number of allylic oxidation sites excluding steroid dienone is 3. The highest BCUT2D eigenvalue weighted by atomic mass is 127. The Balaban J connectivity index is 2.45. The highest BCUT2D eigenvalue weighted by Crippen LogP contribution is 2.47. The van der Waals surface area contributed by atoms with Gasteiger partial charge in [0.1, 0.15) is 11.5 Å². The van der Waals surface area contributed by atoms with E-state index in [4.69, 9.17) is 4.74 Å². The van der Waals surface area contributed by atoms with Gasteiger partial charge in [0.05, 0.1) is 0 Å². The minimum absolute atomic E-state index is 0.0154. The average molecular weight is 510 g/mol. The fraction of sp³-hybridized carbons (Fsp3) is 0.560. The predicted molar refractivity (Wildman–Crippen MR) is 129 cm³/mol. The number of halogens is 1. The number of alkyl halides is 1. The number of aryl methyl sites for hydroxylation is 1. The Hall–Kier alpha value is -1.30. The van der Waals surface area contributed by atoms with Crippen LogP contribution in [0.2, 0.25) is 0 Å². The Kier molecular flexibility index (Phi) is 9.73. The van der Waals surface area contributed by atoms with Crippen molar-refractivity contribution in [1.29, 1.82) is 0 Å². The first kappa shape index (κ1) is 24.0. The van der Waals surface area contributed by atoms with Crippen LogP contribution in [-0.2, 0) is 11.2 Å². The average Bonchev–Trinajstić information content (AvgIpc) is 2.66. The van der Waals surface area contributed by atoms with E-state index in [2.05, 4.69) is 56.0 Å². The fourth-order valence-corrected chi connectivity index (χ4v) is 4.48. The summed E-state index contributed by atoms with van der Waals surface area (Å²) in [5.74, 6) is 0.757. The van der Waals surface area contributed by atoms with Gasteiger partial charge in [-0.3, -0.25) is 4.79 Å². The Labute approximate surface area is 189 Å². The highest BCUT2D eigenvalue weighted by molar-refractivity contribution is 14.1. The monoisotopic (exact) mass is 510 g/mol. The number of hydrogen-bond acceptors (Lipinski definition) is 3. The fourth-order valence-electron chi connectivity index (χ4n) is 4.10. The minimum atomic E-state index is -0.226. The van der Waals surface area contributed by atoms with Gasteiger partial charge >= 0.3 is 5.97 Å². The first-order valence-corrected chi connectivity index (χ1v) is 12.3. The maximum Gasteiger partial charge on any atom is 0.311 e. The maximum absolute atomic E-state index is 12.4. The molecule has 0 saturated heterocycles. The quantitative estimate of drug-likeness (QED) is 0.0900. The van der Waals surface area contributed by atoms with Crippen LogP contribution in [0.3, 0.4) is 0 Å². The molecule has 0 spiro atoms. The molecule has 1 aliphatic carbocycles. The first-order valence-electron chi connectivity index (χ1n) is 10.8. The molecule has 4 heteroatoms. The number of aromatic hydroxyl groups is 1. The number of benzene rings is 1. The molecule has 3 nitrogen and oxygen atoms in total. The zero-order valence-electron chi connectivity index (χ0n) is 18.1. The first-order chi connectivity index (χ1) is 13.9. The molecule has 0 bridgehead atoms. The van der Waals surface area contributed by atoms with Crippen molar-refractivity contribution in [2.24, 2.45) is 5.92 Å². The van der Waals surface area contributed by atoms with Gasteiger partial charge in [-0.2, -0.15) is 0 Å². The molecule has 0 aliphatic heterocycles. The third kappa shape index (κ3) is 6.87. The summed E-state index contributed by atoms with van der Waals surface area (Å²) in [5, 5.41) is 11.0. The number of phenolic OH excluding ortho intramolecular Hbond substituents is 1. The van der Waals surface area contributed by atoms with Crippen molar-refractivity contribution in [3.63, 3.8) is 0 Å². The molecule has 29 heavy (non-hydrogen) atoms. The molecular weight excluding hydrogens is 475 g/mol. The molecule has 2 rings (SSSR count). The molecule has 160 valence electrons. The van der Waals surface area contributed by atoms with Crippen molar-refractivity contribution in [3.05, 3.63) is 47.1 Å². The predicted octanol–water partition coefficient (Wildman–Crippen LogP) is 7.26. The van der Waals surface area contributed by atoms with Gasteiger partial charge in [0, 0.05) is 22.3 Å². The molecule has 0 aromatic heterocycles. The Morgan fingerprint density at radius 2 is 2.07 bits per heavy atom. The van der Waals surface area contributed by atoms with Crippen LogP contribution in [0.15, 0.2) is 35.9 Å². The Morgan fingerprint density at radius 3 is 2.72 bits per heavy atom. The summed E-state index contributed by atoms with van der Waals surface area (Å²) < 4.78 is 6.75. The third-order valence-electron chi connectivity index (χ3n) is 5.70. The van der Waals surface area contributed by atoms with E-state index in [1.807, 2.05) is 12.1 Å². The highest BCUT2D eigenvalue weighted by Gasteiger charge is 2.31. The Bertz CT molecular complexity index is 751. The van der Waals surface area contributed by atoms with Crippen LogP contribution in [0.5, 0.6) is 11.5 Å². The Morgan fingerprint density at radius 1 is 1.31 bits per heavy atom. The molecule has 0 fully saturated rings. The van der Waals surface area contributed by atoms with Crippen LogP contribution >= 0.6 is 22.6 Å². The van der Waals surface area contributed by atoms with E-state index in [1.54, 1.807) is 0 Å². The lowest BCUT2D eigenvalue weighted by atomic mass is 9.73. The van der Waals surface area contributed by atoms with Crippen molar-refractivity contribution in [3.8, 4) is 11.5 Å². The molecule has 0 saturated carbocycles. The van der Waals surface area contributed by atoms with Gasteiger partial charge in [0.25, 0.3) is 0 Å². The van der Waals surface area contributed by atoms with E-state index < -0.39 is 0 Å².